The molecule has 1 heterocycles. The van der Waals surface area contributed by atoms with E-state index in [9.17, 15) is 19.8 Å². The zero-order chi connectivity index (χ0) is 32.6. The number of hydrogen-bond acceptors (Lipinski definition) is 6. The predicted molar refractivity (Wildman–Crippen MR) is 177 cm³/mol. The number of rotatable bonds is 15. The zero-order valence-corrected chi connectivity index (χ0v) is 27.5. The van der Waals surface area contributed by atoms with Gasteiger partial charge in [0.05, 0.1) is 29.7 Å². The summed E-state index contributed by atoms with van der Waals surface area (Å²) in [4.78, 5) is 31.4. The molecular formula is C38H51NO5. The van der Waals surface area contributed by atoms with Crippen molar-refractivity contribution in [2.24, 2.45) is 23.2 Å². The molecule has 6 atom stereocenters. The molecule has 238 valence electrons. The maximum Gasteiger partial charge on any atom is 0.309 e. The van der Waals surface area contributed by atoms with Gasteiger partial charge < -0.3 is 14.9 Å². The summed E-state index contributed by atoms with van der Waals surface area (Å²) in [7, 11) is 0. The maximum absolute atomic E-state index is 13.5. The summed E-state index contributed by atoms with van der Waals surface area (Å²) in [5.41, 5.74) is 4.80. The molecule has 0 saturated heterocycles. The number of allylic oxidation sites excluding steroid dienone is 2. The smallest absolute Gasteiger partial charge is 0.309 e. The largest absolute Gasteiger partial charge is 0.457 e. The molecule has 44 heavy (non-hydrogen) atoms. The van der Waals surface area contributed by atoms with Crippen LogP contribution in [0.3, 0.4) is 0 Å². The topological polar surface area (TPSA) is 96.7 Å². The highest BCUT2D eigenvalue weighted by atomic mass is 16.5. The lowest BCUT2D eigenvalue weighted by atomic mass is 9.73. The lowest BCUT2D eigenvalue weighted by Crippen LogP contribution is -2.45. The highest BCUT2D eigenvalue weighted by Gasteiger charge is 2.43. The third-order valence-corrected chi connectivity index (χ3v) is 9.15. The van der Waals surface area contributed by atoms with Crippen molar-refractivity contribution in [3.05, 3.63) is 89.3 Å². The first kappa shape index (κ1) is 35.1. The van der Waals surface area contributed by atoms with Crippen molar-refractivity contribution in [1.29, 1.82) is 0 Å². The van der Waals surface area contributed by atoms with E-state index in [1.165, 1.54) is 0 Å². The van der Waals surface area contributed by atoms with Crippen LogP contribution in [0.1, 0.15) is 90.5 Å². The minimum Gasteiger partial charge on any atom is -0.457 e. The lowest BCUT2D eigenvalue weighted by molar-refractivity contribution is -0.155. The molecule has 0 amide bonds. The predicted octanol–water partition coefficient (Wildman–Crippen LogP) is 7.53. The average Bonchev–Trinajstić information content (AvgIpc) is 3.29. The number of pyridine rings is 1. The first-order valence-corrected chi connectivity index (χ1v) is 15.8. The molecule has 0 fully saturated rings. The maximum atomic E-state index is 13.5. The SMILES string of the molecule is C=C(C)CCCC(C)C(O)C(C)C(=O)C(C)(C)C(O)CC(=O)OC1C(C)=C(c2ccc(C)cn2)CC1C=Cc1ccccc1. The summed E-state index contributed by atoms with van der Waals surface area (Å²) >= 11 is 0. The fraction of sp³-hybridized carbons (Fsp3) is 0.500. The number of nitrogens with zero attached hydrogens (tertiary/aromatic N) is 1. The molecule has 1 aromatic carbocycles. The standard InChI is InChI=1S/C38H51NO5/c1-24(2)13-12-14-26(4)35(42)28(6)37(43)38(7,8)33(40)22-34(41)44-36-27(5)31(32-20-17-25(3)23-39-32)21-30(36)19-18-29-15-10-9-11-16-29/h9-11,15-20,23,26,28,30,33,35-36,40,42H,1,12-14,21-22H2,2-8H3. The minimum absolute atomic E-state index is 0.0820. The third-order valence-electron chi connectivity index (χ3n) is 9.15. The minimum atomic E-state index is -1.27. The third kappa shape index (κ3) is 9.09. The summed E-state index contributed by atoms with van der Waals surface area (Å²) in [5, 5.41) is 22.1. The molecular weight excluding hydrogens is 550 g/mol. The van der Waals surface area contributed by atoms with E-state index < -0.39 is 35.6 Å². The molecule has 0 aliphatic heterocycles. The van der Waals surface area contributed by atoms with Crippen molar-refractivity contribution < 1.29 is 24.5 Å². The molecule has 2 aromatic rings. The molecule has 6 nitrogen and oxygen atoms in total. The first-order valence-electron chi connectivity index (χ1n) is 15.8. The molecule has 6 heteroatoms. The Morgan fingerprint density at radius 2 is 1.80 bits per heavy atom. The van der Waals surface area contributed by atoms with Crippen LogP contribution in [-0.2, 0) is 14.3 Å². The van der Waals surface area contributed by atoms with E-state index >= 15 is 0 Å². The highest BCUT2D eigenvalue weighted by Crippen LogP contribution is 2.41. The monoisotopic (exact) mass is 601 g/mol. The molecule has 1 aromatic heterocycles. The van der Waals surface area contributed by atoms with Gasteiger partial charge in [-0.15, -0.1) is 6.58 Å². The quantitative estimate of drug-likeness (QED) is 0.162. The Kier molecular flexibility index (Phi) is 12.4. The number of Topliss-reactive ketones (excluding diaryl/α,β-unsaturated/α-hetero) is 1. The van der Waals surface area contributed by atoms with E-state index in [0.29, 0.717) is 6.42 Å². The van der Waals surface area contributed by atoms with E-state index in [0.717, 1.165) is 52.8 Å². The molecule has 1 aliphatic carbocycles. The van der Waals surface area contributed by atoms with Gasteiger partial charge in [0.1, 0.15) is 11.9 Å². The number of aromatic nitrogens is 1. The number of ether oxygens (including phenoxy) is 1. The second-order valence-corrected chi connectivity index (χ2v) is 13.3. The van der Waals surface area contributed by atoms with Gasteiger partial charge in [-0.25, -0.2) is 0 Å². The van der Waals surface area contributed by atoms with Crippen molar-refractivity contribution in [2.45, 2.75) is 98.9 Å². The fourth-order valence-corrected chi connectivity index (χ4v) is 5.99. The van der Waals surface area contributed by atoms with Crippen LogP contribution in [0.15, 0.2) is 72.5 Å². The second kappa shape index (κ2) is 15.6. The summed E-state index contributed by atoms with van der Waals surface area (Å²) in [6.07, 6.45) is 6.19. The Morgan fingerprint density at radius 3 is 2.41 bits per heavy atom. The van der Waals surface area contributed by atoms with Crippen LogP contribution >= 0.6 is 0 Å². The number of ketones is 1. The van der Waals surface area contributed by atoms with Crippen LogP contribution in [0, 0.1) is 30.1 Å². The van der Waals surface area contributed by atoms with Gasteiger partial charge in [0, 0.05) is 18.0 Å². The first-order chi connectivity index (χ1) is 20.7. The number of esters is 1. The molecule has 0 radical (unpaired) electrons. The van der Waals surface area contributed by atoms with Crippen LogP contribution in [0.4, 0.5) is 0 Å². The van der Waals surface area contributed by atoms with E-state index in [1.807, 2.05) is 82.4 Å². The molecule has 6 unspecified atom stereocenters. The van der Waals surface area contributed by atoms with Gasteiger partial charge in [0.2, 0.25) is 0 Å². The summed E-state index contributed by atoms with van der Waals surface area (Å²) in [6, 6.07) is 14.0. The van der Waals surface area contributed by atoms with Gasteiger partial charge >= 0.3 is 5.97 Å². The Bertz CT molecular complexity index is 1340. The van der Waals surface area contributed by atoms with Crippen LogP contribution in [0.25, 0.3) is 11.6 Å². The average molecular weight is 602 g/mol. The molecule has 0 spiro atoms. The summed E-state index contributed by atoms with van der Waals surface area (Å²) < 4.78 is 6.05. The van der Waals surface area contributed by atoms with Gasteiger partial charge in [0.15, 0.2) is 0 Å². The van der Waals surface area contributed by atoms with Gasteiger partial charge in [0.25, 0.3) is 0 Å². The van der Waals surface area contributed by atoms with E-state index in [-0.39, 0.29) is 24.0 Å². The number of benzene rings is 1. The van der Waals surface area contributed by atoms with Crippen LogP contribution in [0.5, 0.6) is 0 Å². The summed E-state index contributed by atoms with van der Waals surface area (Å²) in [5.74, 6) is -1.72. The Labute approximate surface area is 264 Å². The van der Waals surface area contributed by atoms with Crippen molar-refractivity contribution in [2.75, 3.05) is 0 Å². The Morgan fingerprint density at radius 1 is 1.11 bits per heavy atom. The van der Waals surface area contributed by atoms with Crippen LogP contribution in [0.2, 0.25) is 0 Å². The molecule has 0 bridgehead atoms. The summed E-state index contributed by atoms with van der Waals surface area (Å²) in [6.45, 7) is 16.8. The molecule has 0 saturated carbocycles. The number of aliphatic hydroxyl groups is 2. The Hall–Kier alpha value is -3.35. The van der Waals surface area contributed by atoms with Gasteiger partial charge in [-0.2, -0.15) is 0 Å². The van der Waals surface area contributed by atoms with Crippen LogP contribution in [-0.4, -0.2) is 45.3 Å². The fourth-order valence-electron chi connectivity index (χ4n) is 5.99. The van der Waals surface area contributed by atoms with Crippen molar-refractivity contribution >= 4 is 23.4 Å². The second-order valence-electron chi connectivity index (χ2n) is 13.3. The molecule has 1 aliphatic rings. The van der Waals surface area contributed by atoms with Crippen molar-refractivity contribution in [1.82, 2.24) is 4.98 Å². The van der Waals surface area contributed by atoms with E-state index in [1.54, 1.807) is 20.8 Å². The number of aryl methyl sites for hydroxylation is 1. The van der Waals surface area contributed by atoms with E-state index in [2.05, 4.69) is 17.6 Å². The zero-order valence-electron chi connectivity index (χ0n) is 27.5. The van der Waals surface area contributed by atoms with Gasteiger partial charge in [-0.3, -0.25) is 14.6 Å². The number of carbonyl (C=O) groups is 2. The normalized spacial score (nSPS) is 19.9. The van der Waals surface area contributed by atoms with Crippen molar-refractivity contribution in [3.8, 4) is 0 Å². The highest BCUT2D eigenvalue weighted by molar-refractivity contribution is 5.88. The lowest BCUT2D eigenvalue weighted by Gasteiger charge is -2.34. The number of hydrogen-bond donors (Lipinski definition) is 2. The van der Waals surface area contributed by atoms with Gasteiger partial charge in [-0.05, 0) is 80.7 Å². The number of carbonyl (C=O) groups excluding carboxylic acids is 2. The number of aliphatic hydroxyl groups excluding tert-OH is 2. The van der Waals surface area contributed by atoms with Gasteiger partial charge in [-0.1, -0.05) is 81.8 Å². The Balaban J connectivity index is 1.72. The van der Waals surface area contributed by atoms with Crippen molar-refractivity contribution in [3.63, 3.8) is 0 Å². The molecule has 2 N–H and O–H groups in total. The van der Waals surface area contributed by atoms with E-state index in [4.69, 9.17) is 4.74 Å². The van der Waals surface area contributed by atoms with Crippen LogP contribution < -0.4 is 0 Å². The molecule has 3 rings (SSSR count).